The van der Waals surface area contributed by atoms with Gasteiger partial charge in [0.25, 0.3) is 0 Å². The van der Waals surface area contributed by atoms with Crippen LogP contribution in [0.3, 0.4) is 0 Å². The van der Waals surface area contributed by atoms with Crippen molar-refractivity contribution in [2.75, 3.05) is 0 Å². The van der Waals surface area contributed by atoms with Crippen LogP contribution in [0, 0.1) is 29.6 Å². The molecule has 2 N–H and O–H groups in total. The van der Waals surface area contributed by atoms with Crippen LogP contribution in [0.2, 0.25) is 0 Å². The van der Waals surface area contributed by atoms with Gasteiger partial charge in [-0.15, -0.1) is 0 Å². The summed E-state index contributed by atoms with van der Waals surface area (Å²) < 4.78 is 36.2. The molecule has 6 unspecified atom stereocenters. The molecule has 3 aliphatic rings. The van der Waals surface area contributed by atoms with Crippen LogP contribution in [-0.4, -0.2) is 30.2 Å². The molecular formula is C15H24O6S. The fourth-order valence-corrected chi connectivity index (χ4v) is 5.87. The summed E-state index contributed by atoms with van der Waals surface area (Å²) in [7, 11) is -4.63. The van der Waals surface area contributed by atoms with E-state index in [-0.39, 0.29) is 5.92 Å². The predicted molar refractivity (Wildman–Crippen MR) is 78.4 cm³/mol. The molecule has 0 aliphatic heterocycles. The first kappa shape index (κ1) is 16.2. The summed E-state index contributed by atoms with van der Waals surface area (Å²) in [6, 6.07) is 0. The molecule has 0 aromatic carbocycles. The summed E-state index contributed by atoms with van der Waals surface area (Å²) in [5.41, 5.74) is 0. The average molecular weight is 332 g/mol. The lowest BCUT2D eigenvalue weighted by atomic mass is 9.55. The smallest absolute Gasteiger partial charge is 0.397 e. The Labute approximate surface area is 131 Å². The van der Waals surface area contributed by atoms with E-state index < -0.39 is 28.4 Å². The zero-order chi connectivity index (χ0) is 15.9. The first-order valence-corrected chi connectivity index (χ1v) is 9.62. The first-order chi connectivity index (χ1) is 10.4. The molecule has 0 saturated heterocycles. The molecule has 7 heteroatoms. The molecule has 22 heavy (non-hydrogen) atoms. The number of carbonyl (C=O) groups is 1. The van der Waals surface area contributed by atoms with Crippen molar-refractivity contribution in [3.8, 4) is 0 Å². The van der Waals surface area contributed by atoms with Gasteiger partial charge in [-0.3, -0.25) is 9.35 Å². The molecule has 3 fully saturated rings. The molecular weight excluding hydrogens is 308 g/mol. The van der Waals surface area contributed by atoms with Crippen LogP contribution in [0.25, 0.3) is 0 Å². The molecule has 0 aromatic heterocycles. The highest BCUT2D eigenvalue weighted by Crippen LogP contribution is 2.53. The number of fused-ring (bicyclic) bond motifs is 3. The van der Waals surface area contributed by atoms with Gasteiger partial charge in [-0.05, 0) is 55.8 Å². The van der Waals surface area contributed by atoms with E-state index in [9.17, 15) is 18.3 Å². The maximum atomic E-state index is 11.5. The topological polar surface area (TPSA) is 101 Å². The van der Waals surface area contributed by atoms with E-state index in [1.807, 2.05) is 0 Å². The molecule has 0 heterocycles. The highest BCUT2D eigenvalue weighted by Gasteiger charge is 2.51. The Kier molecular flexibility index (Phi) is 4.49. The fraction of sp³-hybridized carbons (Fsp3) is 0.933. The predicted octanol–water partition coefficient (Wildman–Crippen LogP) is 2.50. The molecule has 0 radical (unpaired) electrons. The van der Waals surface area contributed by atoms with Gasteiger partial charge in [0.15, 0.2) is 0 Å². The summed E-state index contributed by atoms with van der Waals surface area (Å²) in [6.45, 7) is 0. The van der Waals surface area contributed by atoms with E-state index in [2.05, 4.69) is 0 Å². The van der Waals surface area contributed by atoms with Crippen LogP contribution < -0.4 is 0 Å². The van der Waals surface area contributed by atoms with Crippen LogP contribution in [0.4, 0.5) is 0 Å². The summed E-state index contributed by atoms with van der Waals surface area (Å²) in [5, 5.41) is 9.37. The molecule has 0 aromatic rings. The average Bonchev–Trinajstić information content (AvgIpc) is 2.45. The van der Waals surface area contributed by atoms with Gasteiger partial charge in [-0.1, -0.05) is 19.3 Å². The number of carboxylic acid groups (broad SMARTS) is 1. The van der Waals surface area contributed by atoms with E-state index in [1.165, 1.54) is 19.3 Å². The summed E-state index contributed by atoms with van der Waals surface area (Å²) >= 11 is 0. The van der Waals surface area contributed by atoms with Gasteiger partial charge in [0.1, 0.15) is 0 Å². The third kappa shape index (κ3) is 3.16. The lowest BCUT2D eigenvalue weighted by molar-refractivity contribution is -0.153. The van der Waals surface area contributed by atoms with Gasteiger partial charge in [-0.25, -0.2) is 4.18 Å². The summed E-state index contributed by atoms with van der Waals surface area (Å²) in [5.74, 6) is -0.351. The highest BCUT2D eigenvalue weighted by atomic mass is 32.3. The Hall–Kier alpha value is -0.660. The maximum absolute atomic E-state index is 11.5. The number of rotatable bonds is 3. The van der Waals surface area contributed by atoms with Gasteiger partial charge in [0.05, 0.1) is 12.0 Å². The zero-order valence-electron chi connectivity index (χ0n) is 12.6. The van der Waals surface area contributed by atoms with Gasteiger partial charge in [0, 0.05) is 0 Å². The van der Waals surface area contributed by atoms with Crippen molar-refractivity contribution in [2.45, 2.75) is 57.5 Å². The number of hydrogen-bond acceptors (Lipinski definition) is 4. The Morgan fingerprint density at radius 3 is 2.27 bits per heavy atom. The van der Waals surface area contributed by atoms with E-state index in [0.717, 1.165) is 25.7 Å². The van der Waals surface area contributed by atoms with Crippen molar-refractivity contribution in [1.29, 1.82) is 0 Å². The minimum Gasteiger partial charge on any atom is -0.481 e. The maximum Gasteiger partial charge on any atom is 0.397 e. The first-order valence-electron chi connectivity index (χ1n) is 8.25. The Morgan fingerprint density at radius 2 is 1.59 bits per heavy atom. The van der Waals surface area contributed by atoms with Gasteiger partial charge < -0.3 is 5.11 Å². The second-order valence-corrected chi connectivity index (χ2v) is 8.17. The second kappa shape index (κ2) is 6.09. The molecule has 0 spiro atoms. The van der Waals surface area contributed by atoms with E-state index in [1.54, 1.807) is 0 Å². The van der Waals surface area contributed by atoms with Crippen LogP contribution in [-0.2, 0) is 19.4 Å². The van der Waals surface area contributed by atoms with E-state index >= 15 is 0 Å². The molecule has 0 amide bonds. The second-order valence-electron chi connectivity index (χ2n) is 7.12. The fourth-order valence-electron chi connectivity index (χ4n) is 5.31. The summed E-state index contributed by atoms with van der Waals surface area (Å²) in [4.78, 5) is 11.5. The minimum atomic E-state index is -4.63. The third-order valence-electron chi connectivity index (χ3n) is 6.12. The quantitative estimate of drug-likeness (QED) is 0.770. The van der Waals surface area contributed by atoms with Crippen LogP contribution in [0.15, 0.2) is 0 Å². The van der Waals surface area contributed by atoms with Crippen LogP contribution in [0.5, 0.6) is 0 Å². The summed E-state index contributed by atoms with van der Waals surface area (Å²) in [6.07, 6.45) is 7.02. The minimum absolute atomic E-state index is 0.0730. The lowest BCUT2D eigenvalue weighted by Gasteiger charge is -2.51. The van der Waals surface area contributed by atoms with Crippen LogP contribution in [0.1, 0.15) is 51.4 Å². The van der Waals surface area contributed by atoms with E-state index in [4.69, 9.17) is 8.74 Å². The van der Waals surface area contributed by atoms with Crippen molar-refractivity contribution in [1.82, 2.24) is 0 Å². The number of aliphatic carboxylic acids is 1. The highest BCUT2D eigenvalue weighted by molar-refractivity contribution is 7.80. The van der Waals surface area contributed by atoms with E-state index in [0.29, 0.717) is 24.2 Å². The molecule has 3 aliphatic carbocycles. The molecule has 3 rings (SSSR count). The van der Waals surface area contributed by atoms with Crippen molar-refractivity contribution in [2.24, 2.45) is 29.6 Å². The standard InChI is InChI=1S/C15H24O6S/c16-15(17)13-8-7-11-10-4-2-1-3-9(10)5-6-12(11)14(13)21-22(18,19)20/h9-14H,1-8H2,(H,16,17)(H,18,19,20). The van der Waals surface area contributed by atoms with Crippen LogP contribution >= 0.6 is 0 Å². The molecule has 0 bridgehead atoms. The Bertz CT molecular complexity index is 530. The normalized spacial score (nSPS) is 42.2. The lowest BCUT2D eigenvalue weighted by Crippen LogP contribution is -2.50. The number of hydrogen-bond donors (Lipinski definition) is 2. The van der Waals surface area contributed by atoms with Gasteiger partial charge in [0.2, 0.25) is 0 Å². The van der Waals surface area contributed by atoms with Crippen molar-refractivity contribution in [3.63, 3.8) is 0 Å². The molecule has 6 nitrogen and oxygen atoms in total. The van der Waals surface area contributed by atoms with Crippen molar-refractivity contribution in [3.05, 3.63) is 0 Å². The molecule has 126 valence electrons. The van der Waals surface area contributed by atoms with Crippen molar-refractivity contribution < 1.29 is 27.1 Å². The Morgan fingerprint density at radius 1 is 0.909 bits per heavy atom. The monoisotopic (exact) mass is 332 g/mol. The van der Waals surface area contributed by atoms with Crippen molar-refractivity contribution >= 4 is 16.4 Å². The largest absolute Gasteiger partial charge is 0.481 e. The molecule has 6 atom stereocenters. The third-order valence-corrected chi connectivity index (χ3v) is 6.58. The number of carboxylic acids is 1. The Balaban J connectivity index is 1.84. The zero-order valence-corrected chi connectivity index (χ0v) is 13.4. The van der Waals surface area contributed by atoms with Gasteiger partial charge >= 0.3 is 16.4 Å². The SMILES string of the molecule is O=C(O)C1CCC2C3CCCCC3CCC2C1OS(=O)(=O)O. The van der Waals surface area contributed by atoms with Gasteiger partial charge in [-0.2, -0.15) is 8.42 Å². The molecule has 3 saturated carbocycles.